The first-order chi connectivity index (χ1) is 14.1. The number of piperidine rings is 1. The molecule has 2 aliphatic heterocycles. The first kappa shape index (κ1) is 23.1. The number of nitrogens with two attached hydrogens (primary N) is 1. The number of hydrogen-bond acceptors (Lipinski definition) is 3. The van der Waals surface area contributed by atoms with E-state index in [1.54, 1.807) is 0 Å². The van der Waals surface area contributed by atoms with Gasteiger partial charge < -0.3 is 15.5 Å². The number of halogens is 2. The molecule has 2 N–H and O–H groups in total. The highest BCUT2D eigenvalue weighted by atomic mass is 35.5. The number of carbonyl (C=O) groups excluding carboxylic acids is 1. The molecule has 2 saturated heterocycles. The second kappa shape index (κ2) is 10.1. The summed E-state index contributed by atoms with van der Waals surface area (Å²) in [4.78, 5) is 17.7. The third kappa shape index (κ3) is 5.17. The number of amides is 1. The summed E-state index contributed by atoms with van der Waals surface area (Å²) in [6.45, 7) is 4.52. The van der Waals surface area contributed by atoms with Crippen molar-refractivity contribution in [2.45, 2.75) is 38.3 Å². The van der Waals surface area contributed by atoms with E-state index in [4.69, 9.17) is 17.3 Å². The molecule has 0 aliphatic carbocycles. The van der Waals surface area contributed by atoms with Crippen LogP contribution in [0.2, 0.25) is 5.02 Å². The number of hydrogen-bond donors (Lipinski definition) is 1. The summed E-state index contributed by atoms with van der Waals surface area (Å²) < 4.78 is 0. The van der Waals surface area contributed by atoms with Gasteiger partial charge in [0.15, 0.2) is 0 Å². The third-order valence-corrected chi connectivity index (χ3v) is 6.94. The van der Waals surface area contributed by atoms with E-state index in [1.807, 2.05) is 47.4 Å². The topological polar surface area (TPSA) is 49.6 Å². The number of carbonyl (C=O) groups is 1. The number of nitrogens with zero attached hydrogens (tertiary/aromatic N) is 2. The Kier molecular flexibility index (Phi) is 7.81. The SMILES string of the molecule is Cl.NC(CCN1CCC2(CC1)CCN(Cc1ccc(Cl)cc1)C2=O)c1ccccc1. The molecule has 2 aromatic rings. The maximum absolute atomic E-state index is 13.2. The van der Waals surface area contributed by atoms with E-state index < -0.39 is 0 Å². The van der Waals surface area contributed by atoms with Gasteiger partial charge in [-0.1, -0.05) is 54.1 Å². The lowest BCUT2D eigenvalue weighted by molar-refractivity contribution is -0.138. The number of rotatable bonds is 6. The molecular formula is C24H31Cl2N3O. The zero-order valence-corrected chi connectivity index (χ0v) is 18.9. The fourth-order valence-corrected chi connectivity index (χ4v) is 4.84. The van der Waals surface area contributed by atoms with Crippen LogP contribution in [0.4, 0.5) is 0 Å². The molecule has 30 heavy (non-hydrogen) atoms. The van der Waals surface area contributed by atoms with Gasteiger partial charge in [-0.3, -0.25) is 4.79 Å². The van der Waals surface area contributed by atoms with Crippen molar-refractivity contribution in [2.24, 2.45) is 11.1 Å². The second-order valence-corrected chi connectivity index (χ2v) is 8.97. The molecule has 2 aromatic carbocycles. The zero-order chi connectivity index (χ0) is 20.3. The lowest BCUT2D eigenvalue weighted by Gasteiger charge is -2.38. The minimum Gasteiger partial charge on any atom is -0.338 e. The van der Waals surface area contributed by atoms with Crippen LogP contribution in [0.25, 0.3) is 0 Å². The molecule has 0 bridgehead atoms. The highest BCUT2D eigenvalue weighted by Crippen LogP contribution is 2.42. The van der Waals surface area contributed by atoms with E-state index in [2.05, 4.69) is 17.0 Å². The molecule has 0 aromatic heterocycles. The molecule has 2 aliphatic rings. The van der Waals surface area contributed by atoms with E-state index in [9.17, 15) is 4.79 Å². The maximum Gasteiger partial charge on any atom is 0.229 e. The van der Waals surface area contributed by atoms with Gasteiger partial charge >= 0.3 is 0 Å². The van der Waals surface area contributed by atoms with Gasteiger partial charge in [-0.25, -0.2) is 0 Å². The van der Waals surface area contributed by atoms with E-state index in [-0.39, 0.29) is 23.9 Å². The van der Waals surface area contributed by atoms with Gasteiger partial charge in [0.25, 0.3) is 0 Å². The summed E-state index contributed by atoms with van der Waals surface area (Å²) >= 11 is 5.97. The number of likely N-dealkylation sites (tertiary alicyclic amines) is 2. The van der Waals surface area contributed by atoms with Crippen molar-refractivity contribution in [1.29, 1.82) is 0 Å². The largest absolute Gasteiger partial charge is 0.338 e. The summed E-state index contributed by atoms with van der Waals surface area (Å²) in [6, 6.07) is 18.2. The maximum atomic E-state index is 13.2. The summed E-state index contributed by atoms with van der Waals surface area (Å²) in [7, 11) is 0. The zero-order valence-electron chi connectivity index (χ0n) is 17.3. The molecule has 1 spiro atoms. The Bertz CT molecular complexity index is 820. The van der Waals surface area contributed by atoms with Crippen LogP contribution in [-0.2, 0) is 11.3 Å². The van der Waals surface area contributed by atoms with Crippen molar-refractivity contribution in [3.8, 4) is 0 Å². The summed E-state index contributed by atoms with van der Waals surface area (Å²) in [6.07, 6.45) is 3.86. The van der Waals surface area contributed by atoms with Crippen molar-refractivity contribution >= 4 is 29.9 Å². The van der Waals surface area contributed by atoms with Gasteiger partial charge in [-0.15, -0.1) is 12.4 Å². The van der Waals surface area contributed by atoms with Gasteiger partial charge in [0, 0.05) is 24.2 Å². The monoisotopic (exact) mass is 447 g/mol. The Hall–Kier alpha value is -1.59. The van der Waals surface area contributed by atoms with Crippen LogP contribution in [0.15, 0.2) is 54.6 Å². The van der Waals surface area contributed by atoms with Crippen molar-refractivity contribution in [3.63, 3.8) is 0 Å². The molecule has 4 rings (SSSR count). The molecular weight excluding hydrogens is 417 g/mol. The van der Waals surface area contributed by atoms with Crippen LogP contribution in [0.3, 0.4) is 0 Å². The average Bonchev–Trinajstić information content (AvgIpc) is 3.05. The van der Waals surface area contributed by atoms with E-state index in [0.29, 0.717) is 12.5 Å². The lowest BCUT2D eigenvalue weighted by atomic mass is 9.77. The smallest absolute Gasteiger partial charge is 0.229 e. The molecule has 6 heteroatoms. The summed E-state index contributed by atoms with van der Waals surface area (Å²) in [5.74, 6) is 0.341. The predicted molar refractivity (Wildman–Crippen MR) is 125 cm³/mol. The van der Waals surface area contributed by atoms with Gasteiger partial charge in [0.2, 0.25) is 5.91 Å². The van der Waals surface area contributed by atoms with Crippen molar-refractivity contribution in [1.82, 2.24) is 9.80 Å². The normalized spacial score (nSPS) is 19.7. The van der Waals surface area contributed by atoms with Crippen molar-refractivity contribution < 1.29 is 4.79 Å². The number of benzene rings is 2. The fraction of sp³-hybridized carbons (Fsp3) is 0.458. The van der Waals surface area contributed by atoms with Gasteiger partial charge in [0.1, 0.15) is 0 Å². The Morgan fingerprint density at radius 1 is 0.967 bits per heavy atom. The van der Waals surface area contributed by atoms with Crippen LogP contribution in [0.5, 0.6) is 0 Å². The van der Waals surface area contributed by atoms with Crippen LogP contribution in [0.1, 0.15) is 42.9 Å². The first-order valence-corrected chi connectivity index (χ1v) is 11.0. The highest BCUT2D eigenvalue weighted by molar-refractivity contribution is 6.30. The van der Waals surface area contributed by atoms with E-state index in [0.717, 1.165) is 62.4 Å². The van der Waals surface area contributed by atoms with E-state index in [1.165, 1.54) is 5.56 Å². The molecule has 1 atom stereocenters. The van der Waals surface area contributed by atoms with Gasteiger partial charge in [-0.05, 0) is 68.6 Å². The Balaban J connectivity index is 0.00000256. The van der Waals surface area contributed by atoms with Crippen LogP contribution in [0, 0.1) is 5.41 Å². The van der Waals surface area contributed by atoms with Crippen LogP contribution < -0.4 is 5.73 Å². The van der Waals surface area contributed by atoms with Crippen molar-refractivity contribution in [3.05, 3.63) is 70.7 Å². The molecule has 0 saturated carbocycles. The first-order valence-electron chi connectivity index (χ1n) is 10.6. The molecule has 0 radical (unpaired) electrons. The average molecular weight is 448 g/mol. The molecule has 2 fully saturated rings. The lowest BCUT2D eigenvalue weighted by Crippen LogP contribution is -2.45. The molecule has 2 heterocycles. The summed E-state index contributed by atoms with van der Waals surface area (Å²) in [5.41, 5.74) is 8.55. The van der Waals surface area contributed by atoms with E-state index >= 15 is 0 Å². The summed E-state index contributed by atoms with van der Waals surface area (Å²) in [5, 5.41) is 0.734. The fourth-order valence-electron chi connectivity index (χ4n) is 4.71. The highest BCUT2D eigenvalue weighted by Gasteiger charge is 2.47. The molecule has 162 valence electrons. The van der Waals surface area contributed by atoms with Crippen LogP contribution in [-0.4, -0.2) is 41.9 Å². The minimum atomic E-state index is -0.148. The Morgan fingerprint density at radius 3 is 2.27 bits per heavy atom. The standard InChI is InChI=1S/C24H30ClN3O.ClH/c25-21-8-6-19(7-9-21)18-28-17-13-24(23(28)29)11-15-27(16-12-24)14-10-22(26)20-4-2-1-3-5-20;/h1-9,22H,10-18,26H2;1H. The Labute approximate surface area is 190 Å². The minimum absolute atomic E-state index is 0. The molecule has 1 unspecified atom stereocenters. The third-order valence-electron chi connectivity index (χ3n) is 6.69. The van der Waals surface area contributed by atoms with Crippen molar-refractivity contribution in [2.75, 3.05) is 26.2 Å². The predicted octanol–water partition coefficient (Wildman–Crippen LogP) is 4.67. The quantitative estimate of drug-likeness (QED) is 0.699. The Morgan fingerprint density at radius 2 is 1.60 bits per heavy atom. The molecule has 4 nitrogen and oxygen atoms in total. The van der Waals surface area contributed by atoms with Gasteiger partial charge in [0.05, 0.1) is 5.41 Å². The van der Waals surface area contributed by atoms with Crippen LogP contribution >= 0.6 is 24.0 Å². The molecule has 1 amide bonds. The van der Waals surface area contributed by atoms with Gasteiger partial charge in [-0.2, -0.15) is 0 Å². The second-order valence-electron chi connectivity index (χ2n) is 8.53.